The van der Waals surface area contributed by atoms with Gasteiger partial charge in [-0.05, 0) is 38.4 Å². The third kappa shape index (κ3) is 3.03. The van der Waals surface area contributed by atoms with Gasteiger partial charge in [0.1, 0.15) is 5.82 Å². The Morgan fingerprint density at radius 3 is 2.94 bits per heavy atom. The minimum absolute atomic E-state index is 0.0224. The van der Waals surface area contributed by atoms with Crippen LogP contribution in [-0.2, 0) is 4.79 Å². The summed E-state index contributed by atoms with van der Waals surface area (Å²) in [5.74, 6) is -0.489. The van der Waals surface area contributed by atoms with Crippen LogP contribution in [0.2, 0.25) is 0 Å². The SMILES string of the molecule is CC1CC(C(=O)Nc2ccccc2F)CCN1. The van der Waals surface area contributed by atoms with Crippen LogP contribution in [0.3, 0.4) is 0 Å². The highest BCUT2D eigenvalue weighted by atomic mass is 19.1. The second kappa shape index (κ2) is 5.27. The van der Waals surface area contributed by atoms with Crippen molar-refractivity contribution in [2.24, 2.45) is 5.92 Å². The predicted octanol–water partition coefficient (Wildman–Crippen LogP) is 2.15. The number of anilines is 1. The van der Waals surface area contributed by atoms with E-state index in [1.54, 1.807) is 18.2 Å². The number of halogens is 1. The molecule has 2 unspecified atom stereocenters. The normalized spacial score (nSPS) is 24.4. The molecule has 3 nitrogen and oxygen atoms in total. The molecule has 1 aliphatic heterocycles. The van der Waals surface area contributed by atoms with Crippen molar-refractivity contribution in [3.63, 3.8) is 0 Å². The van der Waals surface area contributed by atoms with Gasteiger partial charge in [0.15, 0.2) is 0 Å². The third-order valence-corrected chi connectivity index (χ3v) is 3.13. The van der Waals surface area contributed by atoms with Gasteiger partial charge in [0, 0.05) is 12.0 Å². The Kier molecular flexibility index (Phi) is 3.74. The van der Waals surface area contributed by atoms with Crippen LogP contribution < -0.4 is 10.6 Å². The number of hydrogen-bond acceptors (Lipinski definition) is 2. The van der Waals surface area contributed by atoms with Crippen molar-refractivity contribution in [3.05, 3.63) is 30.1 Å². The summed E-state index contributed by atoms with van der Waals surface area (Å²) in [4.78, 5) is 12.0. The molecule has 17 heavy (non-hydrogen) atoms. The summed E-state index contributed by atoms with van der Waals surface area (Å²) in [5, 5.41) is 5.95. The first-order valence-corrected chi connectivity index (χ1v) is 5.95. The van der Waals surface area contributed by atoms with Crippen molar-refractivity contribution >= 4 is 11.6 Å². The molecule has 1 fully saturated rings. The van der Waals surface area contributed by atoms with Crippen molar-refractivity contribution in [2.75, 3.05) is 11.9 Å². The van der Waals surface area contributed by atoms with Gasteiger partial charge in [-0.2, -0.15) is 0 Å². The molecular weight excluding hydrogens is 219 g/mol. The maximum atomic E-state index is 13.4. The molecule has 1 heterocycles. The van der Waals surface area contributed by atoms with Gasteiger partial charge in [-0.1, -0.05) is 12.1 Å². The van der Waals surface area contributed by atoms with Crippen LogP contribution in [0.15, 0.2) is 24.3 Å². The summed E-state index contributed by atoms with van der Waals surface area (Å²) >= 11 is 0. The molecule has 0 aromatic heterocycles. The van der Waals surface area contributed by atoms with Crippen molar-refractivity contribution in [1.29, 1.82) is 0 Å². The molecule has 2 atom stereocenters. The van der Waals surface area contributed by atoms with E-state index in [4.69, 9.17) is 0 Å². The van der Waals surface area contributed by atoms with Gasteiger partial charge in [-0.3, -0.25) is 4.79 Å². The molecule has 1 aromatic rings. The number of para-hydroxylation sites is 1. The molecule has 4 heteroatoms. The Balaban J connectivity index is 1.99. The lowest BCUT2D eigenvalue weighted by molar-refractivity contribution is -0.120. The zero-order valence-electron chi connectivity index (χ0n) is 9.87. The number of nitrogens with one attached hydrogen (secondary N) is 2. The number of piperidine rings is 1. The Labute approximate surface area is 100 Å². The van der Waals surface area contributed by atoms with Crippen LogP contribution in [0.5, 0.6) is 0 Å². The highest BCUT2D eigenvalue weighted by molar-refractivity contribution is 5.92. The highest BCUT2D eigenvalue weighted by Crippen LogP contribution is 2.19. The molecule has 0 aliphatic carbocycles. The summed E-state index contributed by atoms with van der Waals surface area (Å²) in [6, 6.07) is 6.60. The second-order valence-corrected chi connectivity index (χ2v) is 4.55. The van der Waals surface area contributed by atoms with Crippen LogP contribution in [-0.4, -0.2) is 18.5 Å². The largest absolute Gasteiger partial charge is 0.323 e. The van der Waals surface area contributed by atoms with Crippen LogP contribution >= 0.6 is 0 Å². The number of carbonyl (C=O) groups excluding carboxylic acids is 1. The number of benzene rings is 1. The zero-order valence-corrected chi connectivity index (χ0v) is 9.87. The molecule has 2 rings (SSSR count). The molecular formula is C13H17FN2O. The summed E-state index contributed by atoms with van der Waals surface area (Å²) in [7, 11) is 0. The van der Waals surface area contributed by atoms with E-state index < -0.39 is 0 Å². The summed E-state index contributed by atoms with van der Waals surface area (Å²) in [5.41, 5.74) is 0.267. The first kappa shape index (κ1) is 12.0. The first-order valence-electron chi connectivity index (χ1n) is 5.95. The van der Waals surface area contributed by atoms with Crippen LogP contribution in [0.25, 0.3) is 0 Å². The lowest BCUT2D eigenvalue weighted by Crippen LogP contribution is -2.40. The fourth-order valence-electron chi connectivity index (χ4n) is 2.17. The molecule has 0 spiro atoms. The average molecular weight is 236 g/mol. The van der Waals surface area contributed by atoms with Gasteiger partial charge >= 0.3 is 0 Å². The highest BCUT2D eigenvalue weighted by Gasteiger charge is 2.25. The molecule has 0 bridgehead atoms. The maximum absolute atomic E-state index is 13.4. The Morgan fingerprint density at radius 1 is 1.47 bits per heavy atom. The van der Waals surface area contributed by atoms with Gasteiger partial charge in [-0.25, -0.2) is 4.39 Å². The van der Waals surface area contributed by atoms with E-state index >= 15 is 0 Å². The van der Waals surface area contributed by atoms with E-state index in [-0.39, 0.29) is 23.3 Å². The Bertz CT molecular complexity index is 408. The van der Waals surface area contributed by atoms with E-state index in [0.29, 0.717) is 6.04 Å². The first-order chi connectivity index (χ1) is 8.16. The molecule has 1 saturated heterocycles. The van der Waals surface area contributed by atoms with Gasteiger partial charge in [0.05, 0.1) is 5.69 Å². The Hall–Kier alpha value is -1.42. The van der Waals surface area contributed by atoms with E-state index in [9.17, 15) is 9.18 Å². The minimum atomic E-state index is -0.386. The zero-order chi connectivity index (χ0) is 12.3. The lowest BCUT2D eigenvalue weighted by atomic mass is 9.92. The number of hydrogen-bond donors (Lipinski definition) is 2. The molecule has 1 aliphatic rings. The van der Waals surface area contributed by atoms with Gasteiger partial charge in [-0.15, -0.1) is 0 Å². The Morgan fingerprint density at radius 2 is 2.24 bits per heavy atom. The molecule has 0 radical (unpaired) electrons. The third-order valence-electron chi connectivity index (χ3n) is 3.13. The summed E-state index contributed by atoms with van der Waals surface area (Å²) < 4.78 is 13.4. The topological polar surface area (TPSA) is 41.1 Å². The monoisotopic (exact) mass is 236 g/mol. The van der Waals surface area contributed by atoms with Crippen LogP contribution in [0.1, 0.15) is 19.8 Å². The van der Waals surface area contributed by atoms with Crippen molar-refractivity contribution in [1.82, 2.24) is 5.32 Å². The number of carbonyl (C=O) groups is 1. The molecule has 0 saturated carbocycles. The maximum Gasteiger partial charge on any atom is 0.227 e. The average Bonchev–Trinajstić information content (AvgIpc) is 2.32. The van der Waals surface area contributed by atoms with Crippen molar-refractivity contribution in [2.45, 2.75) is 25.8 Å². The van der Waals surface area contributed by atoms with E-state index in [1.165, 1.54) is 6.07 Å². The van der Waals surface area contributed by atoms with E-state index in [1.807, 2.05) is 0 Å². The van der Waals surface area contributed by atoms with E-state index in [2.05, 4.69) is 17.6 Å². The quantitative estimate of drug-likeness (QED) is 0.826. The smallest absolute Gasteiger partial charge is 0.227 e. The standard InChI is InChI=1S/C13H17FN2O/c1-9-8-10(6-7-15-9)13(17)16-12-5-3-2-4-11(12)14/h2-5,9-10,15H,6-8H2,1H3,(H,16,17). The lowest BCUT2D eigenvalue weighted by Gasteiger charge is -2.27. The van der Waals surface area contributed by atoms with Crippen molar-refractivity contribution < 1.29 is 9.18 Å². The molecule has 1 aromatic carbocycles. The number of rotatable bonds is 2. The fraction of sp³-hybridized carbons (Fsp3) is 0.462. The predicted molar refractivity (Wildman–Crippen MR) is 65.2 cm³/mol. The summed E-state index contributed by atoms with van der Waals surface area (Å²) in [6.45, 7) is 2.90. The van der Waals surface area contributed by atoms with Gasteiger partial charge in [0.2, 0.25) is 5.91 Å². The van der Waals surface area contributed by atoms with Gasteiger partial charge in [0.25, 0.3) is 0 Å². The molecule has 92 valence electrons. The summed E-state index contributed by atoms with van der Waals surface area (Å²) in [6.07, 6.45) is 1.62. The van der Waals surface area contributed by atoms with Gasteiger partial charge < -0.3 is 10.6 Å². The molecule has 2 N–H and O–H groups in total. The molecule has 1 amide bonds. The minimum Gasteiger partial charge on any atom is -0.323 e. The van der Waals surface area contributed by atoms with E-state index in [0.717, 1.165) is 19.4 Å². The van der Waals surface area contributed by atoms with Crippen molar-refractivity contribution in [3.8, 4) is 0 Å². The van der Waals surface area contributed by atoms with Crippen LogP contribution in [0.4, 0.5) is 10.1 Å². The second-order valence-electron chi connectivity index (χ2n) is 4.55. The fourth-order valence-corrected chi connectivity index (χ4v) is 2.17. The van der Waals surface area contributed by atoms with Crippen LogP contribution in [0, 0.1) is 11.7 Å². The number of amides is 1.